The molecule has 0 aliphatic rings. The minimum absolute atomic E-state index is 0.0796. The van der Waals surface area contributed by atoms with E-state index in [-0.39, 0.29) is 11.7 Å². The van der Waals surface area contributed by atoms with Crippen LogP contribution in [-0.4, -0.2) is 31.0 Å². The first kappa shape index (κ1) is 20.3. The molecular weight excluding hydrogens is 352 g/mol. The molecule has 3 N–H and O–H groups in total. The van der Waals surface area contributed by atoms with Crippen molar-refractivity contribution in [3.05, 3.63) is 29.6 Å². The molecule has 0 fully saturated rings. The highest BCUT2D eigenvalue weighted by atomic mass is 16.3. The Morgan fingerprint density at radius 2 is 2.00 bits per heavy atom. The van der Waals surface area contributed by atoms with Crippen LogP contribution in [0.3, 0.4) is 0 Å². The molecule has 0 aliphatic heterocycles. The van der Waals surface area contributed by atoms with Crippen molar-refractivity contribution in [2.45, 2.75) is 66.0 Å². The third-order valence-electron chi connectivity index (χ3n) is 4.89. The van der Waals surface area contributed by atoms with Crippen molar-refractivity contribution in [2.75, 3.05) is 5.73 Å². The molecule has 1 aromatic carbocycles. The van der Waals surface area contributed by atoms with Gasteiger partial charge in [-0.2, -0.15) is 0 Å². The number of anilines is 1. The average molecular weight is 383 g/mol. The lowest BCUT2D eigenvalue weighted by Gasteiger charge is -2.21. The van der Waals surface area contributed by atoms with Gasteiger partial charge in [0.1, 0.15) is 11.3 Å². The first-order valence-corrected chi connectivity index (χ1v) is 9.97. The number of fused-ring (bicyclic) bond motifs is 3. The molecule has 0 bridgehead atoms. The number of aromatic nitrogens is 3. The summed E-state index contributed by atoms with van der Waals surface area (Å²) < 4.78 is 2.06. The van der Waals surface area contributed by atoms with Crippen LogP contribution in [0.1, 0.15) is 63.6 Å². The maximum Gasteiger partial charge on any atom is 0.165 e. The van der Waals surface area contributed by atoms with Gasteiger partial charge in [0.15, 0.2) is 11.6 Å². The fraction of sp³-hybridized carbons (Fsp3) is 0.500. The quantitative estimate of drug-likeness (QED) is 0.600. The lowest BCUT2D eigenvalue weighted by atomic mass is 9.99. The molecular formula is C22H30N4O2. The van der Waals surface area contributed by atoms with E-state index >= 15 is 0 Å². The van der Waals surface area contributed by atoms with Gasteiger partial charge in [0.25, 0.3) is 0 Å². The summed E-state index contributed by atoms with van der Waals surface area (Å²) in [6.45, 7) is 9.89. The van der Waals surface area contributed by atoms with Crippen LogP contribution in [0.25, 0.3) is 21.9 Å². The molecule has 28 heavy (non-hydrogen) atoms. The predicted octanol–water partition coefficient (Wildman–Crippen LogP) is 4.12. The van der Waals surface area contributed by atoms with Crippen LogP contribution in [0.4, 0.5) is 5.82 Å². The van der Waals surface area contributed by atoms with E-state index in [1.807, 2.05) is 26.0 Å². The summed E-state index contributed by atoms with van der Waals surface area (Å²) in [7, 11) is 0. The Balaban J connectivity index is 2.29. The lowest BCUT2D eigenvalue weighted by Crippen LogP contribution is -2.27. The molecule has 0 aliphatic carbocycles. The Morgan fingerprint density at radius 1 is 1.29 bits per heavy atom. The van der Waals surface area contributed by atoms with Gasteiger partial charge in [0.05, 0.1) is 23.2 Å². The second kappa shape index (κ2) is 7.51. The summed E-state index contributed by atoms with van der Waals surface area (Å²) >= 11 is 0. The molecule has 3 rings (SSSR count). The van der Waals surface area contributed by atoms with Gasteiger partial charge in [-0.05, 0) is 32.4 Å². The molecule has 0 saturated carbocycles. The summed E-state index contributed by atoms with van der Waals surface area (Å²) in [5, 5.41) is 11.4. The predicted molar refractivity (Wildman–Crippen MR) is 114 cm³/mol. The van der Waals surface area contributed by atoms with E-state index in [4.69, 9.17) is 10.7 Å². The number of Topliss-reactive ketones (excluding diaryl/α,β-unsaturated/α-hetero) is 1. The van der Waals surface area contributed by atoms with Crippen molar-refractivity contribution in [1.29, 1.82) is 0 Å². The van der Waals surface area contributed by atoms with E-state index in [2.05, 4.69) is 16.5 Å². The number of imidazole rings is 1. The molecule has 0 atom stereocenters. The van der Waals surface area contributed by atoms with Crippen molar-refractivity contribution in [1.82, 2.24) is 14.5 Å². The number of benzene rings is 1. The van der Waals surface area contributed by atoms with Gasteiger partial charge in [-0.3, -0.25) is 4.79 Å². The third-order valence-corrected chi connectivity index (χ3v) is 4.89. The number of ketones is 1. The van der Waals surface area contributed by atoms with Crippen LogP contribution in [0.5, 0.6) is 0 Å². The van der Waals surface area contributed by atoms with Crippen LogP contribution >= 0.6 is 0 Å². The van der Waals surface area contributed by atoms with E-state index in [0.29, 0.717) is 29.0 Å². The van der Waals surface area contributed by atoms with Crippen molar-refractivity contribution in [3.8, 4) is 0 Å². The second-order valence-corrected chi connectivity index (χ2v) is 8.48. The molecule has 0 saturated heterocycles. The molecule has 6 nitrogen and oxygen atoms in total. The number of rotatable bonds is 7. The monoisotopic (exact) mass is 382 g/mol. The van der Waals surface area contributed by atoms with E-state index in [0.717, 1.165) is 36.0 Å². The van der Waals surface area contributed by atoms with E-state index in [1.165, 1.54) is 0 Å². The third kappa shape index (κ3) is 3.87. The van der Waals surface area contributed by atoms with Crippen LogP contribution in [0.2, 0.25) is 0 Å². The average Bonchev–Trinajstić information content (AvgIpc) is 2.96. The smallest absolute Gasteiger partial charge is 0.165 e. The van der Waals surface area contributed by atoms with Gasteiger partial charge < -0.3 is 15.4 Å². The van der Waals surface area contributed by atoms with Crippen molar-refractivity contribution in [3.63, 3.8) is 0 Å². The zero-order valence-corrected chi connectivity index (χ0v) is 17.4. The Kier molecular flexibility index (Phi) is 5.44. The van der Waals surface area contributed by atoms with E-state index in [1.54, 1.807) is 19.9 Å². The number of carbonyl (C=O) groups is 1. The van der Waals surface area contributed by atoms with E-state index < -0.39 is 5.60 Å². The first-order valence-electron chi connectivity index (χ1n) is 9.97. The molecule has 150 valence electrons. The molecule has 0 unspecified atom stereocenters. The van der Waals surface area contributed by atoms with Crippen LogP contribution in [0.15, 0.2) is 18.2 Å². The van der Waals surface area contributed by atoms with E-state index in [9.17, 15) is 9.90 Å². The number of nitrogens with zero attached hydrogens (tertiary/aromatic N) is 3. The number of carbonyl (C=O) groups excluding carboxylic acids is 1. The largest absolute Gasteiger partial charge is 0.389 e. The first-order chi connectivity index (χ1) is 13.1. The maximum absolute atomic E-state index is 12.4. The standard InChI is InChI=1S/C22H30N4O2/c1-6-7-8-17-25-18-19(26(17)12-22(4,5)28)15-10-9-14(20(27)13(2)3)11-16(15)24-21(18)23/h9-11,13,28H,6-8,12H2,1-5H3,(H2,23,24). The minimum atomic E-state index is -0.896. The van der Waals surface area contributed by atoms with Crippen molar-refractivity contribution < 1.29 is 9.90 Å². The molecule has 2 heterocycles. The fourth-order valence-corrected chi connectivity index (χ4v) is 3.53. The van der Waals surface area contributed by atoms with Gasteiger partial charge in [0.2, 0.25) is 0 Å². The molecule has 2 aromatic heterocycles. The Hall–Kier alpha value is -2.47. The number of pyridine rings is 1. The fourth-order valence-electron chi connectivity index (χ4n) is 3.53. The normalized spacial score (nSPS) is 12.4. The molecule has 0 radical (unpaired) electrons. The number of aliphatic hydroxyl groups is 1. The topological polar surface area (TPSA) is 94.0 Å². The highest BCUT2D eigenvalue weighted by Crippen LogP contribution is 2.31. The number of unbranched alkanes of at least 4 members (excludes halogenated alkanes) is 1. The van der Waals surface area contributed by atoms with Crippen molar-refractivity contribution >= 4 is 33.5 Å². The SMILES string of the molecule is CCCCc1nc2c(N)nc3cc(C(=O)C(C)C)ccc3c2n1CC(C)(C)O. The number of hydrogen-bond donors (Lipinski definition) is 2. The minimum Gasteiger partial charge on any atom is -0.389 e. The Morgan fingerprint density at radius 3 is 2.61 bits per heavy atom. The van der Waals surface area contributed by atoms with Gasteiger partial charge in [-0.15, -0.1) is 0 Å². The highest BCUT2D eigenvalue weighted by Gasteiger charge is 2.23. The van der Waals surface area contributed by atoms with Gasteiger partial charge in [0, 0.05) is 23.3 Å². The molecule has 3 aromatic rings. The number of nitrogen functional groups attached to an aromatic ring is 1. The maximum atomic E-state index is 12.4. The van der Waals surface area contributed by atoms with Crippen LogP contribution < -0.4 is 5.73 Å². The number of aryl methyl sites for hydroxylation is 1. The lowest BCUT2D eigenvalue weighted by molar-refractivity contribution is 0.0618. The summed E-state index contributed by atoms with van der Waals surface area (Å²) in [4.78, 5) is 21.7. The van der Waals surface area contributed by atoms with Gasteiger partial charge in [-0.1, -0.05) is 33.3 Å². The zero-order chi connectivity index (χ0) is 20.6. The summed E-state index contributed by atoms with van der Waals surface area (Å²) in [5.74, 6) is 1.25. The summed E-state index contributed by atoms with van der Waals surface area (Å²) in [6.07, 6.45) is 2.88. The second-order valence-electron chi connectivity index (χ2n) is 8.48. The molecule has 6 heteroatoms. The highest BCUT2D eigenvalue weighted by molar-refractivity contribution is 6.09. The van der Waals surface area contributed by atoms with Crippen LogP contribution in [0, 0.1) is 5.92 Å². The summed E-state index contributed by atoms with van der Waals surface area (Å²) in [6, 6.07) is 5.57. The Bertz CT molecular complexity index is 1030. The van der Waals surface area contributed by atoms with Gasteiger partial charge >= 0.3 is 0 Å². The van der Waals surface area contributed by atoms with Gasteiger partial charge in [-0.25, -0.2) is 9.97 Å². The zero-order valence-electron chi connectivity index (χ0n) is 17.4. The van der Waals surface area contributed by atoms with Crippen LogP contribution in [-0.2, 0) is 13.0 Å². The molecule has 0 spiro atoms. The number of hydrogen-bond acceptors (Lipinski definition) is 5. The Labute approximate surface area is 165 Å². The molecule has 0 amide bonds. The van der Waals surface area contributed by atoms with Crippen molar-refractivity contribution in [2.24, 2.45) is 5.92 Å². The number of nitrogens with two attached hydrogens (primary N) is 1. The summed E-state index contributed by atoms with van der Waals surface area (Å²) in [5.41, 5.74) is 8.19.